The van der Waals surface area contributed by atoms with E-state index >= 15 is 0 Å². The highest BCUT2D eigenvalue weighted by Gasteiger charge is 2.08. The maximum atomic E-state index is 12.8. The molecule has 0 aliphatic heterocycles. The van der Waals surface area contributed by atoms with E-state index < -0.39 is 0 Å². The van der Waals surface area contributed by atoms with Crippen LogP contribution in [0.5, 0.6) is 0 Å². The Morgan fingerprint density at radius 2 is 2.29 bits per heavy atom. The highest BCUT2D eigenvalue weighted by atomic mass is 79.9. The molecule has 1 aromatic rings. The summed E-state index contributed by atoms with van der Waals surface area (Å²) < 4.78 is 13.6. The number of rotatable bonds is 4. The van der Waals surface area contributed by atoms with E-state index in [0.29, 0.717) is 6.54 Å². The van der Waals surface area contributed by atoms with E-state index in [1.807, 2.05) is 6.92 Å². The third kappa shape index (κ3) is 3.04. The van der Waals surface area contributed by atoms with Gasteiger partial charge in [0, 0.05) is 23.6 Å². The smallest absolute Gasteiger partial charge is 0.124 e. The zero-order chi connectivity index (χ0) is 10.6. The third-order valence-electron chi connectivity index (χ3n) is 2.02. The number of nitrogens with two attached hydrogens (primary N) is 1. The van der Waals surface area contributed by atoms with E-state index in [1.54, 1.807) is 6.07 Å². The molecule has 0 spiro atoms. The fourth-order valence-electron chi connectivity index (χ4n) is 1.26. The van der Waals surface area contributed by atoms with Crippen LogP contribution in [0.1, 0.15) is 18.5 Å². The Morgan fingerprint density at radius 1 is 1.57 bits per heavy atom. The SMILES string of the molecule is CC(NCCN)c1ccc(F)cc1Br. The van der Waals surface area contributed by atoms with Crippen LogP contribution in [0.25, 0.3) is 0 Å². The first-order chi connectivity index (χ1) is 6.65. The summed E-state index contributed by atoms with van der Waals surface area (Å²) in [5, 5.41) is 3.23. The first-order valence-corrected chi connectivity index (χ1v) is 5.33. The molecule has 0 aliphatic carbocycles. The molecule has 78 valence electrons. The lowest BCUT2D eigenvalue weighted by Crippen LogP contribution is -2.25. The molecule has 0 bridgehead atoms. The summed E-state index contributed by atoms with van der Waals surface area (Å²) in [7, 11) is 0. The molecule has 0 amide bonds. The van der Waals surface area contributed by atoms with Gasteiger partial charge in [0.25, 0.3) is 0 Å². The number of benzene rings is 1. The Morgan fingerprint density at radius 3 is 2.86 bits per heavy atom. The molecule has 1 atom stereocenters. The molecule has 4 heteroatoms. The molecule has 1 aromatic carbocycles. The van der Waals surface area contributed by atoms with Gasteiger partial charge < -0.3 is 11.1 Å². The van der Waals surface area contributed by atoms with Crippen molar-refractivity contribution >= 4 is 15.9 Å². The van der Waals surface area contributed by atoms with Crippen molar-refractivity contribution in [2.45, 2.75) is 13.0 Å². The first kappa shape index (κ1) is 11.6. The minimum Gasteiger partial charge on any atom is -0.329 e. The molecule has 0 saturated heterocycles. The Balaban J connectivity index is 2.74. The maximum absolute atomic E-state index is 12.8. The van der Waals surface area contributed by atoms with Gasteiger partial charge in [-0.1, -0.05) is 22.0 Å². The van der Waals surface area contributed by atoms with Crippen molar-refractivity contribution in [3.63, 3.8) is 0 Å². The summed E-state index contributed by atoms with van der Waals surface area (Å²) in [4.78, 5) is 0. The van der Waals surface area contributed by atoms with E-state index in [9.17, 15) is 4.39 Å². The van der Waals surface area contributed by atoms with Crippen molar-refractivity contribution in [2.75, 3.05) is 13.1 Å². The average Bonchev–Trinajstić information content (AvgIpc) is 2.14. The van der Waals surface area contributed by atoms with Crippen LogP contribution in [0.4, 0.5) is 4.39 Å². The fourth-order valence-corrected chi connectivity index (χ4v) is 1.96. The van der Waals surface area contributed by atoms with Gasteiger partial charge in [0.05, 0.1) is 0 Å². The molecular weight excluding hydrogens is 247 g/mol. The van der Waals surface area contributed by atoms with E-state index in [0.717, 1.165) is 16.6 Å². The van der Waals surface area contributed by atoms with Gasteiger partial charge in [0.1, 0.15) is 5.82 Å². The van der Waals surface area contributed by atoms with Crippen molar-refractivity contribution in [3.05, 3.63) is 34.1 Å². The van der Waals surface area contributed by atoms with Crippen molar-refractivity contribution in [3.8, 4) is 0 Å². The van der Waals surface area contributed by atoms with Crippen molar-refractivity contribution in [1.82, 2.24) is 5.32 Å². The van der Waals surface area contributed by atoms with Crippen LogP contribution in [0.2, 0.25) is 0 Å². The third-order valence-corrected chi connectivity index (χ3v) is 2.71. The van der Waals surface area contributed by atoms with Crippen molar-refractivity contribution < 1.29 is 4.39 Å². The van der Waals surface area contributed by atoms with Crippen LogP contribution in [-0.4, -0.2) is 13.1 Å². The van der Waals surface area contributed by atoms with Gasteiger partial charge >= 0.3 is 0 Å². The Bertz CT molecular complexity index is 304. The molecule has 0 fully saturated rings. The van der Waals surface area contributed by atoms with Gasteiger partial charge in [-0.2, -0.15) is 0 Å². The Hall–Kier alpha value is -0.450. The van der Waals surface area contributed by atoms with Gasteiger partial charge in [-0.3, -0.25) is 0 Å². The molecule has 0 aromatic heterocycles. The molecule has 14 heavy (non-hydrogen) atoms. The quantitative estimate of drug-likeness (QED) is 0.872. The summed E-state index contributed by atoms with van der Waals surface area (Å²) >= 11 is 3.33. The molecule has 0 saturated carbocycles. The summed E-state index contributed by atoms with van der Waals surface area (Å²) in [5.74, 6) is -0.230. The van der Waals surface area contributed by atoms with Crippen LogP contribution in [0.15, 0.2) is 22.7 Å². The standard InChI is InChI=1S/C10H14BrFN2/c1-7(14-5-4-13)9-3-2-8(12)6-10(9)11/h2-3,6-7,14H,4-5,13H2,1H3. The molecule has 2 nitrogen and oxygen atoms in total. The van der Waals surface area contributed by atoms with Gasteiger partial charge in [0.15, 0.2) is 0 Å². The highest BCUT2D eigenvalue weighted by molar-refractivity contribution is 9.10. The van der Waals surface area contributed by atoms with Crippen LogP contribution in [-0.2, 0) is 0 Å². The van der Waals surface area contributed by atoms with Crippen LogP contribution in [0.3, 0.4) is 0 Å². The molecular formula is C10H14BrFN2. The lowest BCUT2D eigenvalue weighted by Gasteiger charge is -2.15. The Labute approximate surface area is 91.8 Å². The largest absolute Gasteiger partial charge is 0.329 e. The van der Waals surface area contributed by atoms with Gasteiger partial charge in [-0.05, 0) is 24.6 Å². The summed E-state index contributed by atoms with van der Waals surface area (Å²) in [6.07, 6.45) is 0. The van der Waals surface area contributed by atoms with Gasteiger partial charge in [0.2, 0.25) is 0 Å². The molecule has 0 aliphatic rings. The summed E-state index contributed by atoms with van der Waals surface area (Å²) in [6, 6.07) is 4.87. The minimum atomic E-state index is -0.230. The maximum Gasteiger partial charge on any atom is 0.124 e. The first-order valence-electron chi connectivity index (χ1n) is 4.53. The Kier molecular flexibility index (Phi) is 4.51. The minimum absolute atomic E-state index is 0.175. The van der Waals surface area contributed by atoms with Gasteiger partial charge in [-0.15, -0.1) is 0 Å². The molecule has 3 N–H and O–H groups in total. The molecule has 0 heterocycles. The highest BCUT2D eigenvalue weighted by Crippen LogP contribution is 2.23. The van der Waals surface area contributed by atoms with Crippen molar-refractivity contribution in [1.29, 1.82) is 0 Å². The average molecular weight is 261 g/mol. The lowest BCUT2D eigenvalue weighted by molar-refractivity contribution is 0.576. The van der Waals surface area contributed by atoms with Crippen LogP contribution in [0, 0.1) is 5.82 Å². The number of halogens is 2. The number of hydrogen-bond donors (Lipinski definition) is 2. The topological polar surface area (TPSA) is 38.0 Å². The predicted molar refractivity (Wildman–Crippen MR) is 59.6 cm³/mol. The monoisotopic (exact) mass is 260 g/mol. The second-order valence-electron chi connectivity index (χ2n) is 3.13. The van der Waals surface area contributed by atoms with Crippen LogP contribution >= 0.6 is 15.9 Å². The second-order valence-corrected chi connectivity index (χ2v) is 3.98. The van der Waals surface area contributed by atoms with Crippen LogP contribution < -0.4 is 11.1 Å². The van der Waals surface area contributed by atoms with E-state index in [1.165, 1.54) is 12.1 Å². The summed E-state index contributed by atoms with van der Waals surface area (Å²) in [5.41, 5.74) is 6.42. The molecule has 0 radical (unpaired) electrons. The number of nitrogens with one attached hydrogen (secondary N) is 1. The lowest BCUT2D eigenvalue weighted by atomic mass is 10.1. The fraction of sp³-hybridized carbons (Fsp3) is 0.400. The number of hydrogen-bond acceptors (Lipinski definition) is 2. The van der Waals surface area contributed by atoms with Gasteiger partial charge in [-0.25, -0.2) is 4.39 Å². The zero-order valence-corrected chi connectivity index (χ0v) is 9.64. The zero-order valence-electron chi connectivity index (χ0n) is 8.06. The van der Waals surface area contributed by atoms with E-state index in [4.69, 9.17) is 5.73 Å². The second kappa shape index (κ2) is 5.44. The van der Waals surface area contributed by atoms with Crippen molar-refractivity contribution in [2.24, 2.45) is 5.73 Å². The molecule has 1 rings (SSSR count). The van der Waals surface area contributed by atoms with E-state index in [2.05, 4.69) is 21.2 Å². The van der Waals surface area contributed by atoms with E-state index in [-0.39, 0.29) is 11.9 Å². The predicted octanol–water partition coefficient (Wildman–Crippen LogP) is 2.20. The normalized spacial score (nSPS) is 12.9. The summed E-state index contributed by atoms with van der Waals surface area (Å²) in [6.45, 7) is 3.38. The molecule has 1 unspecified atom stereocenters.